The lowest BCUT2D eigenvalue weighted by atomic mass is 10.3. The molecule has 0 aliphatic carbocycles. The van der Waals surface area contributed by atoms with Crippen LogP contribution in [0.15, 0.2) is 11.8 Å². The van der Waals surface area contributed by atoms with E-state index in [0.717, 1.165) is 6.21 Å². The molecule has 0 unspecified atom stereocenters. The van der Waals surface area contributed by atoms with Crippen molar-refractivity contribution in [2.75, 3.05) is 0 Å². The van der Waals surface area contributed by atoms with Crippen LogP contribution in [-0.4, -0.2) is 17.3 Å². The standard InChI is InChI=1S/C5H8N2O2/c6-2-1-4(7)3-5(8)9/h1-2,6H,3,7H2,(H,8,9)/b4-1-,6-2?. The first kappa shape index (κ1) is 7.68. The number of allylic oxidation sites excluding steroid dienone is 1. The van der Waals surface area contributed by atoms with Gasteiger partial charge in [-0.2, -0.15) is 0 Å². The fourth-order valence-electron chi connectivity index (χ4n) is 0.341. The van der Waals surface area contributed by atoms with Crippen LogP contribution in [0.1, 0.15) is 6.42 Å². The number of carboxylic acids is 1. The number of aliphatic carboxylic acids is 1. The van der Waals surface area contributed by atoms with Crippen molar-refractivity contribution in [3.63, 3.8) is 0 Å². The van der Waals surface area contributed by atoms with Crippen molar-refractivity contribution in [1.82, 2.24) is 0 Å². The van der Waals surface area contributed by atoms with Gasteiger partial charge in [-0.15, -0.1) is 0 Å². The van der Waals surface area contributed by atoms with Gasteiger partial charge in [0.25, 0.3) is 0 Å². The largest absolute Gasteiger partial charge is 0.481 e. The Hall–Kier alpha value is -1.32. The molecule has 0 bridgehead atoms. The fourth-order valence-corrected chi connectivity index (χ4v) is 0.341. The summed E-state index contributed by atoms with van der Waals surface area (Å²) >= 11 is 0. The van der Waals surface area contributed by atoms with Crippen molar-refractivity contribution in [3.05, 3.63) is 11.8 Å². The van der Waals surface area contributed by atoms with E-state index < -0.39 is 5.97 Å². The monoisotopic (exact) mass is 128 g/mol. The Morgan fingerprint density at radius 3 is 2.67 bits per heavy atom. The molecule has 0 aliphatic heterocycles. The van der Waals surface area contributed by atoms with E-state index in [4.69, 9.17) is 16.2 Å². The third-order valence-corrected chi connectivity index (χ3v) is 0.653. The zero-order chi connectivity index (χ0) is 7.28. The number of hydrogen-bond acceptors (Lipinski definition) is 3. The highest BCUT2D eigenvalue weighted by Gasteiger charge is 1.96. The van der Waals surface area contributed by atoms with Gasteiger partial charge in [-0.3, -0.25) is 4.79 Å². The smallest absolute Gasteiger partial charge is 0.309 e. The van der Waals surface area contributed by atoms with Crippen molar-refractivity contribution >= 4 is 12.2 Å². The molecule has 9 heavy (non-hydrogen) atoms. The van der Waals surface area contributed by atoms with E-state index >= 15 is 0 Å². The molecule has 0 atom stereocenters. The Morgan fingerprint density at radius 2 is 2.33 bits per heavy atom. The molecule has 0 saturated heterocycles. The van der Waals surface area contributed by atoms with Crippen LogP contribution in [-0.2, 0) is 4.79 Å². The number of hydrogen-bond donors (Lipinski definition) is 3. The van der Waals surface area contributed by atoms with E-state index in [1.807, 2.05) is 0 Å². The lowest BCUT2D eigenvalue weighted by Crippen LogP contribution is -2.04. The zero-order valence-electron chi connectivity index (χ0n) is 4.79. The molecule has 0 rings (SSSR count). The second kappa shape index (κ2) is 3.65. The molecular weight excluding hydrogens is 120 g/mol. The molecule has 0 heterocycles. The normalized spacial score (nSPS) is 10.9. The Morgan fingerprint density at radius 1 is 1.78 bits per heavy atom. The Balaban J connectivity index is 3.75. The van der Waals surface area contributed by atoms with Gasteiger partial charge in [0.05, 0.1) is 6.42 Å². The Kier molecular flexibility index (Phi) is 3.12. The van der Waals surface area contributed by atoms with Crippen molar-refractivity contribution < 1.29 is 9.90 Å². The third kappa shape index (κ3) is 4.53. The lowest BCUT2D eigenvalue weighted by Gasteiger charge is -1.90. The van der Waals surface area contributed by atoms with Crippen LogP contribution < -0.4 is 5.73 Å². The molecule has 4 heteroatoms. The highest BCUT2D eigenvalue weighted by Crippen LogP contribution is 1.88. The molecular formula is C5H8N2O2. The Bertz CT molecular complexity index is 151. The zero-order valence-corrected chi connectivity index (χ0v) is 4.79. The SMILES string of the molecule is N=C/C=C(\N)CC(=O)O. The minimum atomic E-state index is -0.981. The first-order valence-corrected chi connectivity index (χ1v) is 2.33. The van der Waals surface area contributed by atoms with E-state index in [-0.39, 0.29) is 12.1 Å². The number of nitrogens with two attached hydrogens (primary N) is 1. The number of carbonyl (C=O) groups is 1. The molecule has 0 aromatic heterocycles. The minimum Gasteiger partial charge on any atom is -0.481 e. The first-order chi connectivity index (χ1) is 4.16. The fraction of sp³-hybridized carbons (Fsp3) is 0.200. The van der Waals surface area contributed by atoms with Gasteiger partial charge in [0.2, 0.25) is 0 Å². The van der Waals surface area contributed by atoms with Crippen LogP contribution >= 0.6 is 0 Å². The summed E-state index contributed by atoms with van der Waals surface area (Å²) in [7, 11) is 0. The van der Waals surface area contributed by atoms with Gasteiger partial charge < -0.3 is 16.2 Å². The third-order valence-electron chi connectivity index (χ3n) is 0.653. The maximum atomic E-state index is 9.89. The van der Waals surface area contributed by atoms with Gasteiger partial charge in [0, 0.05) is 11.9 Å². The van der Waals surface area contributed by atoms with Crippen LogP contribution in [0.5, 0.6) is 0 Å². The predicted octanol–water partition coefficient (Wildman–Crippen LogP) is -0.0467. The van der Waals surface area contributed by atoms with Crippen LogP contribution in [0.4, 0.5) is 0 Å². The summed E-state index contributed by atoms with van der Waals surface area (Å²) in [6.07, 6.45) is 2.00. The summed E-state index contributed by atoms with van der Waals surface area (Å²) in [5.74, 6) is -0.981. The average molecular weight is 128 g/mol. The van der Waals surface area contributed by atoms with Crippen LogP contribution in [0.25, 0.3) is 0 Å². The summed E-state index contributed by atoms with van der Waals surface area (Å²) in [6, 6.07) is 0. The average Bonchev–Trinajstić information content (AvgIpc) is 1.63. The summed E-state index contributed by atoms with van der Waals surface area (Å²) in [6.45, 7) is 0. The second-order valence-corrected chi connectivity index (χ2v) is 1.48. The topological polar surface area (TPSA) is 87.2 Å². The summed E-state index contributed by atoms with van der Waals surface area (Å²) in [5.41, 5.74) is 5.31. The minimum absolute atomic E-state index is 0.192. The molecule has 0 radical (unpaired) electrons. The van der Waals surface area contributed by atoms with Crippen molar-refractivity contribution in [2.45, 2.75) is 6.42 Å². The molecule has 0 fully saturated rings. The maximum absolute atomic E-state index is 9.89. The second-order valence-electron chi connectivity index (χ2n) is 1.48. The quantitative estimate of drug-likeness (QED) is 0.466. The van der Waals surface area contributed by atoms with Gasteiger partial charge in [-0.25, -0.2) is 0 Å². The van der Waals surface area contributed by atoms with Crippen molar-refractivity contribution in [1.29, 1.82) is 5.41 Å². The first-order valence-electron chi connectivity index (χ1n) is 2.33. The van der Waals surface area contributed by atoms with E-state index in [9.17, 15) is 4.79 Å². The number of rotatable bonds is 3. The van der Waals surface area contributed by atoms with E-state index in [0.29, 0.717) is 0 Å². The van der Waals surface area contributed by atoms with Crippen LogP contribution in [0.2, 0.25) is 0 Å². The lowest BCUT2D eigenvalue weighted by molar-refractivity contribution is -0.136. The van der Waals surface area contributed by atoms with Crippen LogP contribution in [0.3, 0.4) is 0 Å². The van der Waals surface area contributed by atoms with Gasteiger partial charge in [-0.05, 0) is 6.08 Å². The van der Waals surface area contributed by atoms with Crippen molar-refractivity contribution in [3.8, 4) is 0 Å². The van der Waals surface area contributed by atoms with E-state index in [2.05, 4.69) is 0 Å². The highest BCUT2D eigenvalue weighted by atomic mass is 16.4. The van der Waals surface area contributed by atoms with Gasteiger partial charge >= 0.3 is 5.97 Å². The molecule has 4 N–H and O–H groups in total. The number of carboxylic acid groups (broad SMARTS) is 1. The number of nitrogens with one attached hydrogen (secondary N) is 1. The predicted molar refractivity (Wildman–Crippen MR) is 33.3 cm³/mol. The van der Waals surface area contributed by atoms with Crippen LogP contribution in [0, 0.1) is 5.41 Å². The van der Waals surface area contributed by atoms with Gasteiger partial charge in [-0.1, -0.05) is 0 Å². The van der Waals surface area contributed by atoms with E-state index in [1.165, 1.54) is 6.08 Å². The van der Waals surface area contributed by atoms with E-state index in [1.54, 1.807) is 0 Å². The summed E-state index contributed by atoms with van der Waals surface area (Å²) < 4.78 is 0. The van der Waals surface area contributed by atoms with Gasteiger partial charge in [0.1, 0.15) is 0 Å². The highest BCUT2D eigenvalue weighted by molar-refractivity contribution is 5.74. The molecule has 0 saturated carbocycles. The van der Waals surface area contributed by atoms with Crippen molar-refractivity contribution in [2.24, 2.45) is 5.73 Å². The molecule has 4 nitrogen and oxygen atoms in total. The molecule has 0 spiro atoms. The summed E-state index contributed by atoms with van der Waals surface area (Å²) in [4.78, 5) is 9.89. The summed E-state index contributed by atoms with van der Waals surface area (Å²) in [5, 5.41) is 14.6. The van der Waals surface area contributed by atoms with Gasteiger partial charge in [0.15, 0.2) is 0 Å². The molecule has 50 valence electrons. The molecule has 0 amide bonds. The molecule has 0 aliphatic rings. The maximum Gasteiger partial charge on any atom is 0.309 e. The molecule has 0 aromatic rings. The molecule has 0 aromatic carbocycles. The Labute approximate surface area is 52.5 Å².